The van der Waals surface area contributed by atoms with E-state index in [4.69, 9.17) is 9.47 Å². The molecular weight excluding hydrogens is 364 g/mol. The van der Waals surface area contributed by atoms with Crippen molar-refractivity contribution >= 4 is 16.3 Å². The van der Waals surface area contributed by atoms with Gasteiger partial charge in [-0.3, -0.25) is 0 Å². The van der Waals surface area contributed by atoms with Crippen molar-refractivity contribution in [2.75, 3.05) is 20.2 Å². The molecule has 1 fully saturated rings. The van der Waals surface area contributed by atoms with Crippen molar-refractivity contribution in [3.63, 3.8) is 0 Å². The van der Waals surface area contributed by atoms with E-state index in [1.165, 1.54) is 16.2 Å². The van der Waals surface area contributed by atoms with Crippen LogP contribution in [0.3, 0.4) is 0 Å². The standard InChI is InChI=1S/C19H24N4O3S/c1-11-9-22(10-12(2)26-11)16(14-5-7-15(25-4)8-6-14)17-18(24)23-19(27-17)20-13(3)21-23/h5-8,11-12,16,24H,9-10H2,1-4H3/p+1/t11-,12-,16-/m1/s1. The van der Waals surface area contributed by atoms with Crippen LogP contribution in [0.4, 0.5) is 0 Å². The minimum Gasteiger partial charge on any atom is -0.497 e. The average Bonchev–Trinajstić information content (AvgIpc) is 3.13. The summed E-state index contributed by atoms with van der Waals surface area (Å²) in [7, 11) is 1.66. The molecule has 0 aliphatic carbocycles. The Kier molecular flexibility index (Phi) is 4.79. The highest BCUT2D eigenvalue weighted by Gasteiger charge is 2.37. The van der Waals surface area contributed by atoms with Gasteiger partial charge < -0.3 is 19.5 Å². The Morgan fingerprint density at radius 2 is 1.93 bits per heavy atom. The maximum absolute atomic E-state index is 10.9. The third-order valence-corrected chi connectivity index (χ3v) is 6.07. The van der Waals surface area contributed by atoms with E-state index in [1.54, 1.807) is 11.6 Å². The second kappa shape index (κ2) is 7.10. The van der Waals surface area contributed by atoms with Crippen molar-refractivity contribution in [2.24, 2.45) is 0 Å². The zero-order chi connectivity index (χ0) is 19.1. The van der Waals surface area contributed by atoms with Crippen LogP contribution in [-0.2, 0) is 4.74 Å². The Hall–Kier alpha value is -2.16. The van der Waals surface area contributed by atoms with Crippen molar-refractivity contribution in [1.29, 1.82) is 0 Å². The number of fused-ring (bicyclic) bond motifs is 1. The molecule has 0 saturated carbocycles. The summed E-state index contributed by atoms with van der Waals surface area (Å²) in [6, 6.07) is 8.06. The lowest BCUT2D eigenvalue weighted by Crippen LogP contribution is -3.15. The summed E-state index contributed by atoms with van der Waals surface area (Å²) >= 11 is 1.50. The zero-order valence-electron chi connectivity index (χ0n) is 16.0. The minimum absolute atomic E-state index is 0.0153. The fourth-order valence-corrected chi connectivity index (χ4v) is 5.14. The number of quaternary nitrogens is 1. The predicted octanol–water partition coefficient (Wildman–Crippen LogP) is 1.59. The van der Waals surface area contributed by atoms with Crippen LogP contribution < -0.4 is 9.64 Å². The Labute approximate surface area is 162 Å². The molecular formula is C19H25N4O3S+. The van der Waals surface area contributed by atoms with Gasteiger partial charge in [0.25, 0.3) is 0 Å². The third kappa shape index (κ3) is 3.40. The molecule has 0 radical (unpaired) electrons. The van der Waals surface area contributed by atoms with Crippen molar-refractivity contribution in [2.45, 2.75) is 39.0 Å². The number of morpholine rings is 1. The van der Waals surface area contributed by atoms with Crippen LogP contribution in [0, 0.1) is 6.92 Å². The van der Waals surface area contributed by atoms with E-state index in [9.17, 15) is 5.11 Å². The number of rotatable bonds is 4. The van der Waals surface area contributed by atoms with Gasteiger partial charge in [-0.05, 0) is 45.0 Å². The lowest BCUT2D eigenvalue weighted by Gasteiger charge is -2.37. The molecule has 0 unspecified atom stereocenters. The summed E-state index contributed by atoms with van der Waals surface area (Å²) < 4.78 is 12.8. The Balaban J connectivity index is 1.80. The molecule has 27 heavy (non-hydrogen) atoms. The third-order valence-electron chi connectivity index (χ3n) is 4.99. The van der Waals surface area contributed by atoms with Crippen LogP contribution in [0.25, 0.3) is 4.96 Å². The Morgan fingerprint density at radius 1 is 1.26 bits per heavy atom. The van der Waals surface area contributed by atoms with Gasteiger partial charge in [0, 0.05) is 5.56 Å². The zero-order valence-corrected chi connectivity index (χ0v) is 16.8. The fourth-order valence-electron chi connectivity index (χ4n) is 3.96. The normalized spacial score (nSPS) is 24.2. The number of ether oxygens (including phenoxy) is 2. The highest BCUT2D eigenvalue weighted by atomic mass is 32.1. The fraction of sp³-hybridized carbons (Fsp3) is 0.474. The summed E-state index contributed by atoms with van der Waals surface area (Å²) in [6.07, 6.45) is 0.326. The molecule has 2 aromatic heterocycles. The summed E-state index contributed by atoms with van der Waals surface area (Å²) in [5, 5.41) is 15.2. The van der Waals surface area contributed by atoms with Crippen molar-refractivity contribution in [1.82, 2.24) is 14.6 Å². The van der Waals surface area contributed by atoms with Crippen LogP contribution in [0.15, 0.2) is 24.3 Å². The lowest BCUT2D eigenvalue weighted by molar-refractivity contribution is -0.939. The molecule has 0 bridgehead atoms. The first-order valence-corrected chi connectivity index (χ1v) is 9.97. The molecule has 3 atom stereocenters. The summed E-state index contributed by atoms with van der Waals surface area (Å²) in [4.78, 5) is 7.39. The predicted molar refractivity (Wildman–Crippen MR) is 103 cm³/mol. The number of hydrogen-bond acceptors (Lipinski definition) is 6. The molecule has 1 saturated heterocycles. The molecule has 1 aliphatic heterocycles. The number of thiazole rings is 1. The van der Waals surface area contributed by atoms with E-state index in [-0.39, 0.29) is 24.1 Å². The van der Waals surface area contributed by atoms with Gasteiger partial charge in [-0.1, -0.05) is 11.3 Å². The van der Waals surface area contributed by atoms with Gasteiger partial charge in [0.2, 0.25) is 10.8 Å². The molecule has 3 heterocycles. The second-order valence-corrected chi connectivity index (χ2v) is 8.18. The maximum Gasteiger partial charge on any atom is 0.235 e. The van der Waals surface area contributed by atoms with Crippen LogP contribution in [0.2, 0.25) is 0 Å². The summed E-state index contributed by atoms with van der Waals surface area (Å²) in [6.45, 7) is 7.77. The van der Waals surface area contributed by atoms with Gasteiger partial charge in [0.15, 0.2) is 6.04 Å². The number of methoxy groups -OCH3 is 1. The number of aryl methyl sites for hydroxylation is 1. The number of aromatic hydroxyl groups is 1. The SMILES string of the molecule is COc1ccc([C@H](c2sc3nc(C)nn3c2O)[NH+]2C[C@@H](C)O[C@H](C)C2)cc1. The number of nitrogens with one attached hydrogen (secondary N) is 1. The highest BCUT2D eigenvalue weighted by molar-refractivity contribution is 7.17. The Morgan fingerprint density at radius 3 is 2.52 bits per heavy atom. The van der Waals surface area contributed by atoms with E-state index < -0.39 is 0 Å². The smallest absolute Gasteiger partial charge is 0.235 e. The van der Waals surface area contributed by atoms with Gasteiger partial charge in [-0.25, -0.2) is 4.98 Å². The quantitative estimate of drug-likeness (QED) is 0.709. The average molecular weight is 390 g/mol. The lowest BCUT2D eigenvalue weighted by atomic mass is 10.0. The molecule has 1 aliphatic rings. The van der Waals surface area contributed by atoms with Crippen molar-refractivity contribution < 1.29 is 19.5 Å². The van der Waals surface area contributed by atoms with Crippen molar-refractivity contribution in [3.8, 4) is 11.6 Å². The maximum atomic E-state index is 10.9. The molecule has 0 amide bonds. The first kappa shape index (κ1) is 18.2. The Bertz CT molecular complexity index is 926. The van der Waals surface area contributed by atoms with Gasteiger partial charge in [-0.2, -0.15) is 4.52 Å². The molecule has 4 rings (SSSR count). The van der Waals surface area contributed by atoms with E-state index in [0.29, 0.717) is 10.8 Å². The van der Waals surface area contributed by atoms with Gasteiger partial charge in [0.05, 0.1) is 7.11 Å². The second-order valence-electron chi connectivity index (χ2n) is 7.17. The molecule has 3 aromatic rings. The molecule has 1 aromatic carbocycles. The van der Waals surface area contributed by atoms with Crippen LogP contribution in [0.1, 0.15) is 36.2 Å². The highest BCUT2D eigenvalue weighted by Crippen LogP contribution is 2.35. The number of benzene rings is 1. The van der Waals surface area contributed by atoms with Gasteiger partial charge in [-0.15, -0.1) is 5.10 Å². The number of hydrogen-bond donors (Lipinski definition) is 2. The first-order valence-electron chi connectivity index (χ1n) is 9.15. The van der Waals surface area contributed by atoms with E-state index in [1.807, 2.05) is 19.1 Å². The first-order chi connectivity index (χ1) is 13.0. The molecule has 144 valence electrons. The van der Waals surface area contributed by atoms with Crippen LogP contribution >= 0.6 is 11.3 Å². The molecule has 8 heteroatoms. The van der Waals surface area contributed by atoms with E-state index >= 15 is 0 Å². The van der Waals surface area contributed by atoms with E-state index in [0.717, 1.165) is 29.3 Å². The molecule has 2 N–H and O–H groups in total. The van der Waals surface area contributed by atoms with Crippen LogP contribution in [0.5, 0.6) is 11.6 Å². The molecule has 0 spiro atoms. The van der Waals surface area contributed by atoms with Crippen molar-refractivity contribution in [3.05, 3.63) is 40.5 Å². The van der Waals surface area contributed by atoms with Crippen LogP contribution in [-0.4, -0.2) is 52.1 Å². The summed E-state index contributed by atoms with van der Waals surface area (Å²) in [5.41, 5.74) is 1.13. The monoisotopic (exact) mass is 389 g/mol. The number of aromatic nitrogens is 3. The minimum atomic E-state index is -0.0153. The molecule has 7 nitrogen and oxygen atoms in total. The van der Waals surface area contributed by atoms with E-state index in [2.05, 4.69) is 36.1 Å². The van der Waals surface area contributed by atoms with Gasteiger partial charge >= 0.3 is 0 Å². The largest absolute Gasteiger partial charge is 0.497 e. The van der Waals surface area contributed by atoms with Gasteiger partial charge in [0.1, 0.15) is 41.7 Å². The summed E-state index contributed by atoms with van der Waals surface area (Å²) in [5.74, 6) is 1.65. The number of nitrogens with zero attached hydrogens (tertiary/aromatic N) is 3. The topological polar surface area (TPSA) is 73.3 Å².